The molecule has 1 amide bonds. The lowest BCUT2D eigenvalue weighted by Gasteiger charge is -2.22. The first kappa shape index (κ1) is 18.1. The van der Waals surface area contributed by atoms with Crippen molar-refractivity contribution in [2.24, 2.45) is 0 Å². The molecule has 2 heterocycles. The highest BCUT2D eigenvalue weighted by Gasteiger charge is 2.16. The number of H-pyrrole nitrogens is 1. The molecule has 1 aromatic heterocycles. The van der Waals surface area contributed by atoms with Crippen LogP contribution in [0.15, 0.2) is 30.3 Å². The van der Waals surface area contributed by atoms with E-state index in [1.54, 1.807) is 30.3 Å². The zero-order valence-electron chi connectivity index (χ0n) is 14.8. The molecule has 2 N–H and O–H groups in total. The fourth-order valence-corrected chi connectivity index (χ4v) is 2.78. The van der Waals surface area contributed by atoms with Crippen molar-refractivity contribution < 1.29 is 19.1 Å². The number of ether oxygens (including phenoxy) is 2. The molecule has 7 heteroatoms. The number of aromatic amines is 1. The maximum absolute atomic E-state index is 12.2. The molecule has 1 saturated heterocycles. The van der Waals surface area contributed by atoms with Gasteiger partial charge in [0, 0.05) is 18.7 Å². The summed E-state index contributed by atoms with van der Waals surface area (Å²) in [6.07, 6.45) is 3.28. The first-order chi connectivity index (χ1) is 12.6. The molecule has 26 heavy (non-hydrogen) atoms. The Hall–Kier alpha value is -2.67. The Labute approximate surface area is 152 Å². The predicted octanol–water partition coefficient (Wildman–Crippen LogP) is 2.49. The van der Waals surface area contributed by atoms with Crippen molar-refractivity contribution in [2.45, 2.75) is 38.9 Å². The van der Waals surface area contributed by atoms with Gasteiger partial charge in [0.15, 0.2) is 5.78 Å². The standard InChI is InChI=1S/C19H23N3O4/c1-13(23)14-5-4-7-16(9-14)26-12-15-10-18(22-21-15)19(24)20-11-17-6-2-3-8-25-17/h4-5,7,9-10,17H,2-3,6,8,11-12H2,1H3,(H,20,24)(H,21,22). The van der Waals surface area contributed by atoms with Crippen LogP contribution in [0.5, 0.6) is 5.75 Å². The number of carbonyl (C=O) groups is 2. The van der Waals surface area contributed by atoms with Gasteiger partial charge in [0.25, 0.3) is 5.91 Å². The van der Waals surface area contributed by atoms with Gasteiger partial charge in [-0.3, -0.25) is 14.7 Å². The second-order valence-corrected chi connectivity index (χ2v) is 6.35. The molecule has 1 atom stereocenters. The molecule has 7 nitrogen and oxygen atoms in total. The molecule has 0 spiro atoms. The predicted molar refractivity (Wildman–Crippen MR) is 95.3 cm³/mol. The molecule has 138 valence electrons. The minimum Gasteiger partial charge on any atom is -0.487 e. The Balaban J connectivity index is 1.50. The van der Waals surface area contributed by atoms with Crippen molar-refractivity contribution in [1.82, 2.24) is 15.5 Å². The van der Waals surface area contributed by atoms with E-state index >= 15 is 0 Å². The largest absolute Gasteiger partial charge is 0.487 e. The van der Waals surface area contributed by atoms with Crippen LogP contribution in [0, 0.1) is 0 Å². The maximum atomic E-state index is 12.2. The zero-order chi connectivity index (χ0) is 18.4. The number of benzene rings is 1. The number of carbonyl (C=O) groups excluding carboxylic acids is 2. The van der Waals surface area contributed by atoms with E-state index in [2.05, 4.69) is 15.5 Å². The van der Waals surface area contributed by atoms with Crippen LogP contribution in [-0.2, 0) is 11.3 Å². The van der Waals surface area contributed by atoms with E-state index in [9.17, 15) is 9.59 Å². The minimum absolute atomic E-state index is 0.0158. The van der Waals surface area contributed by atoms with Gasteiger partial charge >= 0.3 is 0 Å². The quantitative estimate of drug-likeness (QED) is 0.743. The molecule has 2 aromatic rings. The van der Waals surface area contributed by atoms with Crippen LogP contribution in [0.1, 0.15) is 52.7 Å². The molecular weight excluding hydrogens is 334 g/mol. The summed E-state index contributed by atoms with van der Waals surface area (Å²) in [5.74, 6) is 0.339. The number of Topliss-reactive ketones (excluding diaryl/α,β-unsaturated/α-hetero) is 1. The lowest BCUT2D eigenvalue weighted by molar-refractivity contribution is 0.0168. The zero-order valence-corrected chi connectivity index (χ0v) is 14.8. The summed E-state index contributed by atoms with van der Waals surface area (Å²) >= 11 is 0. The topological polar surface area (TPSA) is 93.3 Å². The minimum atomic E-state index is -0.236. The number of amides is 1. The third-order valence-corrected chi connectivity index (χ3v) is 4.26. The van der Waals surface area contributed by atoms with Gasteiger partial charge in [0.05, 0.1) is 11.8 Å². The number of nitrogens with zero attached hydrogens (tertiary/aromatic N) is 1. The highest BCUT2D eigenvalue weighted by Crippen LogP contribution is 2.15. The average molecular weight is 357 g/mol. The van der Waals surface area contributed by atoms with Crippen molar-refractivity contribution >= 4 is 11.7 Å². The highest BCUT2D eigenvalue weighted by atomic mass is 16.5. The van der Waals surface area contributed by atoms with E-state index in [-0.39, 0.29) is 24.4 Å². The summed E-state index contributed by atoms with van der Waals surface area (Å²) in [6.45, 7) is 3.00. The van der Waals surface area contributed by atoms with Gasteiger partial charge in [-0.05, 0) is 44.4 Å². The second-order valence-electron chi connectivity index (χ2n) is 6.35. The van der Waals surface area contributed by atoms with Gasteiger partial charge in [-0.1, -0.05) is 12.1 Å². The highest BCUT2D eigenvalue weighted by molar-refractivity contribution is 5.94. The molecule has 1 aliphatic rings. The van der Waals surface area contributed by atoms with Crippen molar-refractivity contribution in [3.63, 3.8) is 0 Å². The first-order valence-electron chi connectivity index (χ1n) is 8.79. The Morgan fingerprint density at radius 3 is 3.00 bits per heavy atom. The lowest BCUT2D eigenvalue weighted by atomic mass is 10.1. The van der Waals surface area contributed by atoms with Crippen molar-refractivity contribution in [3.05, 3.63) is 47.3 Å². The number of nitrogens with one attached hydrogen (secondary N) is 2. The Kier molecular flexibility index (Phi) is 6.01. The smallest absolute Gasteiger partial charge is 0.271 e. The number of ketones is 1. The van der Waals surface area contributed by atoms with Crippen LogP contribution in [0.4, 0.5) is 0 Å². The summed E-state index contributed by atoms with van der Waals surface area (Å²) in [5, 5.41) is 9.68. The van der Waals surface area contributed by atoms with Gasteiger partial charge in [-0.15, -0.1) is 0 Å². The maximum Gasteiger partial charge on any atom is 0.271 e. The summed E-state index contributed by atoms with van der Waals surface area (Å²) in [7, 11) is 0. The number of hydrogen-bond acceptors (Lipinski definition) is 5. The molecule has 1 unspecified atom stereocenters. The van der Waals surface area contributed by atoms with Gasteiger partial charge in [-0.25, -0.2) is 0 Å². The van der Waals surface area contributed by atoms with E-state index in [1.807, 2.05) is 0 Å². The molecule has 0 saturated carbocycles. The summed E-state index contributed by atoms with van der Waals surface area (Å²) in [4.78, 5) is 23.6. The van der Waals surface area contributed by atoms with Crippen molar-refractivity contribution in [3.8, 4) is 5.75 Å². The van der Waals surface area contributed by atoms with Gasteiger partial charge in [-0.2, -0.15) is 5.10 Å². The lowest BCUT2D eigenvalue weighted by Crippen LogP contribution is -2.35. The van der Waals surface area contributed by atoms with Crippen LogP contribution in [0.25, 0.3) is 0 Å². The molecule has 1 aliphatic heterocycles. The van der Waals surface area contributed by atoms with Crippen molar-refractivity contribution in [1.29, 1.82) is 0 Å². The van der Waals surface area contributed by atoms with E-state index in [0.717, 1.165) is 25.9 Å². The summed E-state index contributed by atoms with van der Waals surface area (Å²) in [5.41, 5.74) is 1.59. The van der Waals surface area contributed by atoms with Crippen molar-refractivity contribution in [2.75, 3.05) is 13.2 Å². The monoisotopic (exact) mass is 357 g/mol. The normalized spacial score (nSPS) is 16.9. The second kappa shape index (κ2) is 8.62. The molecular formula is C19H23N3O4. The van der Waals surface area contributed by atoms with Gasteiger partial charge < -0.3 is 14.8 Å². The molecule has 0 aliphatic carbocycles. The van der Waals surface area contributed by atoms with Crippen LogP contribution in [0.3, 0.4) is 0 Å². The Bertz CT molecular complexity index is 766. The molecule has 1 aromatic carbocycles. The third-order valence-electron chi connectivity index (χ3n) is 4.26. The van der Waals surface area contributed by atoms with Crippen LogP contribution < -0.4 is 10.1 Å². The molecule has 0 bridgehead atoms. The van der Waals surface area contributed by atoms with E-state index in [0.29, 0.717) is 29.2 Å². The van der Waals surface area contributed by atoms with Gasteiger partial charge in [0.2, 0.25) is 0 Å². The first-order valence-corrected chi connectivity index (χ1v) is 8.79. The SMILES string of the molecule is CC(=O)c1cccc(OCc2cc(C(=O)NCC3CCCCO3)n[nH]2)c1. The fraction of sp³-hybridized carbons (Fsp3) is 0.421. The average Bonchev–Trinajstić information content (AvgIpc) is 3.15. The third kappa shape index (κ3) is 4.92. The van der Waals surface area contributed by atoms with E-state index in [1.165, 1.54) is 6.92 Å². The number of aromatic nitrogens is 2. The van der Waals surface area contributed by atoms with E-state index < -0.39 is 0 Å². The number of hydrogen-bond donors (Lipinski definition) is 2. The van der Waals surface area contributed by atoms with Crippen LogP contribution >= 0.6 is 0 Å². The fourth-order valence-electron chi connectivity index (χ4n) is 2.78. The van der Waals surface area contributed by atoms with Crippen LogP contribution in [-0.4, -0.2) is 41.1 Å². The van der Waals surface area contributed by atoms with Gasteiger partial charge in [0.1, 0.15) is 18.1 Å². The molecule has 1 fully saturated rings. The number of rotatable bonds is 7. The summed E-state index contributed by atoms with van der Waals surface area (Å²) in [6, 6.07) is 8.64. The Morgan fingerprint density at radius 1 is 1.35 bits per heavy atom. The Morgan fingerprint density at radius 2 is 2.23 bits per heavy atom. The molecule has 0 radical (unpaired) electrons. The molecule has 3 rings (SSSR count). The van der Waals surface area contributed by atoms with Crippen LogP contribution in [0.2, 0.25) is 0 Å². The van der Waals surface area contributed by atoms with E-state index in [4.69, 9.17) is 9.47 Å². The summed E-state index contributed by atoms with van der Waals surface area (Å²) < 4.78 is 11.3.